The fourth-order valence-electron chi connectivity index (χ4n) is 3.39. The normalized spacial score (nSPS) is 12.1. The number of nitrogens with one attached hydrogen (secondary N) is 3. The standard InChI is InChI=1S/C23H18F3N7O2/c1-12(13-3-5-16(6-4-13)32-22(34)35-2)31-21-30-9-14(8-27)19(33-21)18-11-29-20-17(18)7-15(10-28-20)23(24,25)26/h3-7,9-12H,1-2H3,(H,28,29)(H,32,34)(H,30,31,33)/t12-/m1/s1. The molecule has 9 nitrogen and oxygen atoms in total. The second-order valence-electron chi connectivity index (χ2n) is 7.49. The van der Waals surface area contributed by atoms with Gasteiger partial charge in [-0.3, -0.25) is 5.32 Å². The highest BCUT2D eigenvalue weighted by Crippen LogP contribution is 2.35. The third-order valence-electron chi connectivity index (χ3n) is 5.21. The number of carbonyl (C=O) groups is 1. The molecule has 0 aliphatic rings. The molecule has 1 amide bonds. The molecule has 1 aromatic carbocycles. The maximum Gasteiger partial charge on any atom is 0.417 e. The molecule has 3 aromatic heterocycles. The van der Waals surface area contributed by atoms with Crippen LogP contribution in [-0.4, -0.2) is 33.1 Å². The second kappa shape index (κ2) is 9.30. The van der Waals surface area contributed by atoms with Gasteiger partial charge < -0.3 is 15.0 Å². The van der Waals surface area contributed by atoms with Crippen LogP contribution in [-0.2, 0) is 10.9 Å². The van der Waals surface area contributed by atoms with E-state index in [2.05, 4.69) is 35.3 Å². The summed E-state index contributed by atoms with van der Waals surface area (Å²) in [7, 11) is 1.27. The number of halogens is 3. The van der Waals surface area contributed by atoms with Gasteiger partial charge in [0, 0.05) is 29.0 Å². The first kappa shape index (κ1) is 23.5. The van der Waals surface area contributed by atoms with Crippen molar-refractivity contribution in [2.24, 2.45) is 0 Å². The summed E-state index contributed by atoms with van der Waals surface area (Å²) in [6.07, 6.45) is -1.64. The Bertz CT molecular complexity index is 1430. The van der Waals surface area contributed by atoms with Crippen molar-refractivity contribution in [2.45, 2.75) is 19.1 Å². The third-order valence-corrected chi connectivity index (χ3v) is 5.21. The van der Waals surface area contributed by atoms with Crippen LogP contribution in [0.5, 0.6) is 0 Å². The Morgan fingerprint density at radius 1 is 1.20 bits per heavy atom. The van der Waals surface area contributed by atoms with Crippen LogP contribution in [0.3, 0.4) is 0 Å². The molecule has 0 fully saturated rings. The Hall–Kier alpha value is -4.66. The smallest absolute Gasteiger partial charge is 0.417 e. The molecular formula is C23H18F3N7O2. The first-order chi connectivity index (χ1) is 16.7. The van der Waals surface area contributed by atoms with E-state index in [1.165, 1.54) is 19.5 Å². The molecule has 35 heavy (non-hydrogen) atoms. The molecule has 3 N–H and O–H groups in total. The first-order valence-electron chi connectivity index (χ1n) is 10.2. The van der Waals surface area contributed by atoms with Gasteiger partial charge in [-0.25, -0.2) is 19.7 Å². The van der Waals surface area contributed by atoms with Gasteiger partial charge in [-0.15, -0.1) is 0 Å². The third kappa shape index (κ3) is 4.98. The van der Waals surface area contributed by atoms with E-state index in [-0.39, 0.29) is 34.3 Å². The number of ether oxygens (including phenoxy) is 1. The Morgan fingerprint density at radius 3 is 2.60 bits per heavy atom. The average Bonchev–Trinajstić information content (AvgIpc) is 3.27. The Morgan fingerprint density at radius 2 is 1.94 bits per heavy atom. The molecule has 0 aliphatic carbocycles. The summed E-state index contributed by atoms with van der Waals surface area (Å²) in [4.78, 5) is 26.6. The molecule has 0 saturated carbocycles. The van der Waals surface area contributed by atoms with E-state index in [4.69, 9.17) is 0 Å². The lowest BCUT2D eigenvalue weighted by molar-refractivity contribution is -0.137. The van der Waals surface area contributed by atoms with Crippen LogP contribution in [0.2, 0.25) is 0 Å². The lowest BCUT2D eigenvalue weighted by atomic mass is 10.1. The van der Waals surface area contributed by atoms with Crippen molar-refractivity contribution in [3.63, 3.8) is 0 Å². The van der Waals surface area contributed by atoms with E-state index in [0.29, 0.717) is 11.3 Å². The predicted octanol–water partition coefficient (Wildman–Crippen LogP) is 5.26. The number of alkyl halides is 3. The van der Waals surface area contributed by atoms with E-state index in [1.54, 1.807) is 24.3 Å². The molecule has 0 radical (unpaired) electrons. The number of hydrogen-bond acceptors (Lipinski definition) is 7. The number of nitrogens with zero attached hydrogens (tertiary/aromatic N) is 4. The molecule has 0 bridgehead atoms. The number of carbonyl (C=O) groups excluding carboxylic acids is 1. The number of aromatic amines is 1. The molecule has 4 rings (SSSR count). The second-order valence-corrected chi connectivity index (χ2v) is 7.49. The average molecular weight is 481 g/mol. The monoisotopic (exact) mass is 481 g/mol. The van der Waals surface area contributed by atoms with Crippen LogP contribution >= 0.6 is 0 Å². The van der Waals surface area contributed by atoms with E-state index >= 15 is 0 Å². The number of hydrogen-bond donors (Lipinski definition) is 3. The van der Waals surface area contributed by atoms with Crippen molar-refractivity contribution < 1.29 is 22.7 Å². The number of rotatable bonds is 5. The minimum atomic E-state index is -4.57. The van der Waals surface area contributed by atoms with Crippen molar-refractivity contribution in [1.82, 2.24) is 19.9 Å². The number of amides is 1. The van der Waals surface area contributed by atoms with Crippen molar-refractivity contribution in [1.29, 1.82) is 5.26 Å². The number of methoxy groups -OCH3 is 1. The zero-order valence-corrected chi connectivity index (χ0v) is 18.4. The zero-order chi connectivity index (χ0) is 25.2. The minimum absolute atomic E-state index is 0.0970. The van der Waals surface area contributed by atoms with Crippen LogP contribution in [0.25, 0.3) is 22.3 Å². The zero-order valence-electron chi connectivity index (χ0n) is 18.4. The number of aromatic nitrogens is 4. The minimum Gasteiger partial charge on any atom is -0.453 e. The summed E-state index contributed by atoms with van der Waals surface area (Å²) in [5, 5.41) is 15.4. The summed E-state index contributed by atoms with van der Waals surface area (Å²) in [6.45, 7) is 1.86. The SMILES string of the molecule is COC(=O)Nc1ccc([C@@H](C)Nc2ncc(C#N)c(-c3c[nH]c4ncc(C(F)(F)F)cc34)n2)cc1. The highest BCUT2D eigenvalue weighted by atomic mass is 19.4. The fourth-order valence-corrected chi connectivity index (χ4v) is 3.39. The largest absolute Gasteiger partial charge is 0.453 e. The topological polar surface area (TPSA) is 129 Å². The number of H-pyrrole nitrogens is 1. The van der Waals surface area contributed by atoms with E-state index in [1.807, 2.05) is 13.0 Å². The molecule has 0 aliphatic heterocycles. The van der Waals surface area contributed by atoms with Gasteiger partial charge in [0.1, 0.15) is 11.7 Å². The molecule has 3 heterocycles. The van der Waals surface area contributed by atoms with Crippen LogP contribution in [0.4, 0.5) is 29.6 Å². The first-order valence-corrected chi connectivity index (χ1v) is 10.2. The lowest BCUT2D eigenvalue weighted by Crippen LogP contribution is -2.12. The Labute approximate surface area is 197 Å². The summed E-state index contributed by atoms with van der Waals surface area (Å²) in [5.41, 5.74) is 1.29. The molecule has 4 aromatic rings. The van der Waals surface area contributed by atoms with E-state index < -0.39 is 17.8 Å². The van der Waals surface area contributed by atoms with Crippen LogP contribution in [0.1, 0.15) is 29.7 Å². The number of fused-ring (bicyclic) bond motifs is 1. The molecule has 0 unspecified atom stereocenters. The van der Waals surface area contributed by atoms with Crippen molar-refractivity contribution in [3.05, 3.63) is 65.6 Å². The quantitative estimate of drug-likeness (QED) is 0.355. The highest BCUT2D eigenvalue weighted by Gasteiger charge is 2.31. The molecule has 178 valence electrons. The van der Waals surface area contributed by atoms with Gasteiger partial charge in [-0.1, -0.05) is 12.1 Å². The van der Waals surface area contributed by atoms with Gasteiger partial charge in [0.15, 0.2) is 0 Å². The molecule has 0 spiro atoms. The number of benzene rings is 1. The molecule has 0 saturated heterocycles. The lowest BCUT2D eigenvalue weighted by Gasteiger charge is -2.15. The fraction of sp³-hybridized carbons (Fsp3) is 0.174. The predicted molar refractivity (Wildman–Crippen MR) is 121 cm³/mol. The van der Waals surface area contributed by atoms with Crippen molar-refractivity contribution >= 4 is 28.8 Å². The van der Waals surface area contributed by atoms with Gasteiger partial charge in [0.25, 0.3) is 0 Å². The number of pyridine rings is 1. The Balaban J connectivity index is 1.64. The van der Waals surface area contributed by atoms with Gasteiger partial charge in [-0.2, -0.15) is 18.4 Å². The molecular weight excluding hydrogens is 463 g/mol. The molecule has 1 atom stereocenters. The van der Waals surface area contributed by atoms with Crippen molar-refractivity contribution in [3.8, 4) is 17.3 Å². The van der Waals surface area contributed by atoms with Crippen LogP contribution in [0, 0.1) is 11.3 Å². The number of nitriles is 1. The summed E-state index contributed by atoms with van der Waals surface area (Å²) < 4.78 is 44.2. The van der Waals surface area contributed by atoms with Gasteiger partial charge in [-0.05, 0) is 30.7 Å². The summed E-state index contributed by atoms with van der Waals surface area (Å²) in [5.74, 6) is 0.178. The van der Waals surface area contributed by atoms with E-state index in [9.17, 15) is 23.2 Å². The van der Waals surface area contributed by atoms with Crippen molar-refractivity contribution in [2.75, 3.05) is 17.7 Å². The van der Waals surface area contributed by atoms with Crippen LogP contribution in [0.15, 0.2) is 48.9 Å². The van der Waals surface area contributed by atoms with E-state index in [0.717, 1.165) is 17.8 Å². The summed E-state index contributed by atoms with van der Waals surface area (Å²) in [6, 6.07) is 9.65. The van der Waals surface area contributed by atoms with Crippen LogP contribution < -0.4 is 10.6 Å². The highest BCUT2D eigenvalue weighted by molar-refractivity contribution is 5.94. The number of anilines is 2. The molecule has 12 heteroatoms. The maximum atomic E-state index is 13.2. The van der Waals surface area contributed by atoms with Gasteiger partial charge in [0.2, 0.25) is 5.95 Å². The van der Waals surface area contributed by atoms with Gasteiger partial charge in [0.05, 0.1) is 36.2 Å². The Kier molecular flexibility index (Phi) is 6.24. The van der Waals surface area contributed by atoms with Gasteiger partial charge >= 0.3 is 12.3 Å². The maximum absolute atomic E-state index is 13.2. The summed E-state index contributed by atoms with van der Waals surface area (Å²) >= 11 is 0.